The third-order valence-electron chi connectivity index (χ3n) is 5.84. The van der Waals surface area contributed by atoms with E-state index in [1.807, 2.05) is 6.92 Å². The average molecular weight is 465 g/mol. The number of carbonyl (C=O) groups is 2. The molecule has 1 aliphatic rings. The van der Waals surface area contributed by atoms with Crippen molar-refractivity contribution in [3.05, 3.63) is 53.5 Å². The zero-order chi connectivity index (χ0) is 24.7. The first-order valence-corrected chi connectivity index (χ1v) is 11.6. The minimum absolute atomic E-state index is 0.124. The van der Waals surface area contributed by atoms with Crippen LogP contribution in [0.15, 0.2) is 36.8 Å². The van der Waals surface area contributed by atoms with E-state index in [9.17, 15) is 14.7 Å². The quantitative estimate of drug-likeness (QED) is 0.661. The summed E-state index contributed by atoms with van der Waals surface area (Å²) in [5, 5.41) is 9.79. The standard InChI is InChI=1S/C26H32N4O4/c1-5-6-7-9-20-12-22-24(28-13-20)34-23(18(2)15-30(26(22)33)19(3)17-31)16-29(4)25(32)21-10-8-11-27-14-21/h8,10-14,18-19,23,31H,5-6,15-17H2,1-4H3/t18-,19-,23-/m0/s1. The van der Waals surface area contributed by atoms with E-state index in [0.29, 0.717) is 29.8 Å². The number of likely N-dealkylation sites (N-methyl/N-ethyl adjacent to an activating group) is 1. The molecule has 1 aliphatic heterocycles. The SMILES string of the molecule is CCCC#Cc1cnc2c(c1)C(=O)N([C@@H](C)CO)C[C@H](C)[C@H](CN(C)C(=O)c1cccnc1)O2. The highest BCUT2D eigenvalue weighted by molar-refractivity contribution is 5.97. The number of hydrogen-bond acceptors (Lipinski definition) is 6. The van der Waals surface area contributed by atoms with Crippen LogP contribution >= 0.6 is 0 Å². The van der Waals surface area contributed by atoms with Crippen LogP contribution < -0.4 is 4.74 Å². The van der Waals surface area contributed by atoms with Gasteiger partial charge in [0.25, 0.3) is 11.8 Å². The lowest BCUT2D eigenvalue weighted by Crippen LogP contribution is -2.50. The molecular formula is C26H32N4O4. The first-order chi connectivity index (χ1) is 16.3. The molecule has 2 aromatic heterocycles. The van der Waals surface area contributed by atoms with Crippen LogP contribution in [-0.2, 0) is 0 Å². The maximum Gasteiger partial charge on any atom is 0.259 e. The molecular weight excluding hydrogens is 432 g/mol. The molecule has 0 spiro atoms. The van der Waals surface area contributed by atoms with E-state index in [0.717, 1.165) is 12.8 Å². The van der Waals surface area contributed by atoms with Crippen molar-refractivity contribution in [2.45, 2.75) is 45.8 Å². The van der Waals surface area contributed by atoms with Gasteiger partial charge in [0.05, 0.1) is 24.8 Å². The van der Waals surface area contributed by atoms with E-state index in [1.54, 1.807) is 54.4 Å². The van der Waals surface area contributed by atoms with Crippen molar-refractivity contribution in [2.75, 3.05) is 26.7 Å². The molecule has 0 fully saturated rings. The van der Waals surface area contributed by atoms with Crippen molar-refractivity contribution < 1.29 is 19.4 Å². The van der Waals surface area contributed by atoms with Gasteiger partial charge in [-0.05, 0) is 31.5 Å². The van der Waals surface area contributed by atoms with Crippen molar-refractivity contribution >= 4 is 11.8 Å². The van der Waals surface area contributed by atoms with Crippen LogP contribution in [0.25, 0.3) is 0 Å². The Bertz CT molecular complexity index is 1060. The fourth-order valence-corrected chi connectivity index (χ4v) is 3.74. The van der Waals surface area contributed by atoms with Gasteiger partial charge in [-0.1, -0.05) is 25.7 Å². The van der Waals surface area contributed by atoms with Gasteiger partial charge in [0.2, 0.25) is 5.88 Å². The van der Waals surface area contributed by atoms with E-state index in [-0.39, 0.29) is 36.3 Å². The van der Waals surface area contributed by atoms with Gasteiger partial charge in [-0.2, -0.15) is 0 Å². The fraction of sp³-hybridized carbons (Fsp3) is 0.462. The number of pyridine rings is 2. The molecule has 1 N–H and O–H groups in total. The van der Waals surface area contributed by atoms with Crippen LogP contribution in [0.1, 0.15) is 59.9 Å². The Morgan fingerprint density at radius 3 is 2.88 bits per heavy atom. The molecule has 8 nitrogen and oxygen atoms in total. The van der Waals surface area contributed by atoms with Gasteiger partial charge >= 0.3 is 0 Å². The number of carbonyl (C=O) groups excluding carboxylic acids is 2. The number of fused-ring (bicyclic) bond motifs is 1. The maximum atomic E-state index is 13.4. The Kier molecular flexibility index (Phi) is 8.61. The number of nitrogens with zero attached hydrogens (tertiary/aromatic N) is 4. The van der Waals surface area contributed by atoms with Crippen LogP contribution in [0.5, 0.6) is 5.88 Å². The van der Waals surface area contributed by atoms with Gasteiger partial charge < -0.3 is 19.6 Å². The zero-order valence-corrected chi connectivity index (χ0v) is 20.2. The summed E-state index contributed by atoms with van der Waals surface area (Å²) < 4.78 is 6.24. The molecule has 0 aromatic carbocycles. The smallest absolute Gasteiger partial charge is 0.259 e. The molecule has 180 valence electrons. The first-order valence-electron chi connectivity index (χ1n) is 11.6. The number of hydrogen-bond donors (Lipinski definition) is 1. The summed E-state index contributed by atoms with van der Waals surface area (Å²) in [5.41, 5.74) is 1.43. The Hall–Kier alpha value is -3.44. The monoisotopic (exact) mass is 464 g/mol. The van der Waals surface area contributed by atoms with E-state index in [4.69, 9.17) is 4.74 Å². The van der Waals surface area contributed by atoms with Gasteiger partial charge in [-0.15, -0.1) is 0 Å². The highest BCUT2D eigenvalue weighted by Gasteiger charge is 2.34. The number of ether oxygens (including phenoxy) is 1. The largest absolute Gasteiger partial charge is 0.472 e. The number of aliphatic hydroxyl groups excluding tert-OH is 1. The van der Waals surface area contributed by atoms with Crippen LogP contribution in [-0.4, -0.2) is 75.6 Å². The number of amides is 2. The highest BCUT2D eigenvalue weighted by atomic mass is 16.5. The molecule has 3 atom stereocenters. The maximum absolute atomic E-state index is 13.4. The van der Waals surface area contributed by atoms with Gasteiger partial charge in [0.15, 0.2) is 0 Å². The summed E-state index contributed by atoms with van der Waals surface area (Å²) >= 11 is 0. The van der Waals surface area contributed by atoms with Crippen molar-refractivity contribution in [1.82, 2.24) is 19.8 Å². The normalized spacial score (nSPS) is 18.5. The number of unbranched alkanes of at least 4 members (excludes halogenated alkanes) is 1. The van der Waals surface area contributed by atoms with Crippen LogP contribution in [0, 0.1) is 17.8 Å². The zero-order valence-electron chi connectivity index (χ0n) is 20.2. The molecule has 2 aromatic rings. The Morgan fingerprint density at radius 2 is 2.21 bits per heavy atom. The summed E-state index contributed by atoms with van der Waals surface area (Å²) in [5.74, 6) is 5.78. The number of rotatable bonds is 6. The predicted molar refractivity (Wildman–Crippen MR) is 128 cm³/mol. The van der Waals surface area contributed by atoms with Crippen LogP contribution in [0.2, 0.25) is 0 Å². The summed E-state index contributed by atoms with van der Waals surface area (Å²) in [6.07, 6.45) is 6.03. The Labute approximate surface area is 201 Å². The number of aliphatic hydroxyl groups is 1. The van der Waals surface area contributed by atoms with E-state index in [2.05, 4.69) is 28.7 Å². The first kappa shape index (κ1) is 25.2. The second kappa shape index (κ2) is 11.6. The minimum Gasteiger partial charge on any atom is -0.472 e. The fourth-order valence-electron chi connectivity index (χ4n) is 3.74. The molecule has 2 amide bonds. The van der Waals surface area contributed by atoms with E-state index < -0.39 is 6.10 Å². The molecule has 3 rings (SSSR count). The van der Waals surface area contributed by atoms with Gasteiger partial charge in [-0.3, -0.25) is 14.6 Å². The molecule has 34 heavy (non-hydrogen) atoms. The number of aromatic nitrogens is 2. The summed E-state index contributed by atoms with van der Waals surface area (Å²) in [7, 11) is 1.71. The lowest BCUT2D eigenvalue weighted by atomic mass is 9.99. The van der Waals surface area contributed by atoms with Crippen molar-refractivity contribution in [3.8, 4) is 17.7 Å². The molecule has 0 aliphatic carbocycles. The molecule has 0 saturated carbocycles. The van der Waals surface area contributed by atoms with Crippen LogP contribution in [0.4, 0.5) is 0 Å². The van der Waals surface area contributed by atoms with Crippen molar-refractivity contribution in [1.29, 1.82) is 0 Å². The summed E-state index contributed by atoms with van der Waals surface area (Å²) in [6, 6.07) is 4.75. The van der Waals surface area contributed by atoms with E-state index >= 15 is 0 Å². The van der Waals surface area contributed by atoms with Gasteiger partial charge in [-0.25, -0.2) is 4.98 Å². The second-order valence-electron chi connectivity index (χ2n) is 8.68. The molecule has 0 unspecified atom stereocenters. The third kappa shape index (κ3) is 5.91. The molecule has 3 heterocycles. The van der Waals surface area contributed by atoms with Crippen LogP contribution in [0.3, 0.4) is 0 Å². The van der Waals surface area contributed by atoms with Gasteiger partial charge in [0.1, 0.15) is 11.7 Å². The van der Waals surface area contributed by atoms with Gasteiger partial charge in [0, 0.05) is 50.1 Å². The molecule has 0 bridgehead atoms. The Morgan fingerprint density at radius 1 is 1.41 bits per heavy atom. The van der Waals surface area contributed by atoms with E-state index in [1.165, 1.54) is 6.20 Å². The second-order valence-corrected chi connectivity index (χ2v) is 8.68. The molecule has 0 radical (unpaired) electrons. The lowest BCUT2D eigenvalue weighted by Gasteiger charge is -2.37. The molecule has 8 heteroatoms. The summed E-state index contributed by atoms with van der Waals surface area (Å²) in [4.78, 5) is 38.0. The molecule has 0 saturated heterocycles. The highest BCUT2D eigenvalue weighted by Crippen LogP contribution is 2.27. The minimum atomic E-state index is -0.421. The lowest BCUT2D eigenvalue weighted by molar-refractivity contribution is 0.0313. The summed E-state index contributed by atoms with van der Waals surface area (Å²) in [6.45, 7) is 6.32. The third-order valence-corrected chi connectivity index (χ3v) is 5.84. The average Bonchev–Trinajstić information content (AvgIpc) is 2.86. The Balaban J connectivity index is 1.93. The van der Waals surface area contributed by atoms with Crippen molar-refractivity contribution in [2.24, 2.45) is 5.92 Å². The van der Waals surface area contributed by atoms with Crippen molar-refractivity contribution in [3.63, 3.8) is 0 Å². The predicted octanol–water partition coefficient (Wildman–Crippen LogP) is 2.62. The topological polar surface area (TPSA) is 95.9 Å².